The highest BCUT2D eigenvalue weighted by Gasteiger charge is 2.36. The fraction of sp³-hybridized carbons (Fsp3) is 0.480. The molecule has 2 saturated heterocycles. The second-order valence-electron chi connectivity index (χ2n) is 8.42. The van der Waals surface area contributed by atoms with Crippen LogP contribution in [0.5, 0.6) is 0 Å². The van der Waals surface area contributed by atoms with E-state index >= 15 is 0 Å². The van der Waals surface area contributed by atoms with Gasteiger partial charge in [-0.3, -0.25) is 4.99 Å². The van der Waals surface area contributed by atoms with Gasteiger partial charge < -0.3 is 19.9 Å². The number of hydrogen-bond donors (Lipinski definition) is 1. The summed E-state index contributed by atoms with van der Waals surface area (Å²) in [5.41, 5.74) is 4.23. The van der Waals surface area contributed by atoms with Crippen molar-refractivity contribution in [3.8, 4) is 0 Å². The molecule has 0 aromatic heterocycles. The molecule has 2 aliphatic rings. The lowest BCUT2D eigenvalue weighted by atomic mass is 9.72. The normalized spacial score (nSPS) is 19.0. The number of benzene rings is 2. The quantitative estimate of drug-likeness (QED) is 0.365. The van der Waals surface area contributed by atoms with E-state index in [1.54, 1.807) is 0 Å². The highest BCUT2D eigenvalue weighted by atomic mass is 127. The molecule has 31 heavy (non-hydrogen) atoms. The van der Waals surface area contributed by atoms with Gasteiger partial charge in [-0.1, -0.05) is 42.5 Å². The van der Waals surface area contributed by atoms with E-state index in [0.29, 0.717) is 0 Å². The molecule has 2 aliphatic heterocycles. The lowest BCUT2D eigenvalue weighted by Crippen LogP contribution is -2.55. The molecule has 0 amide bonds. The number of aryl methyl sites for hydroxylation is 1. The zero-order chi connectivity index (χ0) is 20.8. The van der Waals surface area contributed by atoms with Crippen LogP contribution in [0, 0.1) is 6.92 Å². The van der Waals surface area contributed by atoms with Crippen molar-refractivity contribution < 1.29 is 4.74 Å². The van der Waals surface area contributed by atoms with E-state index in [2.05, 4.69) is 81.6 Å². The molecule has 4 rings (SSSR count). The standard InChI is InChI=1S/C25H34N4O.HI/c1-21-8-6-7-11-23(21)25(12-18-30-19-13-25)20-27-24(26-2)29-16-14-28(15-17-29)22-9-4-3-5-10-22;/h3-11H,12-20H2,1-2H3,(H,26,27);1H. The van der Waals surface area contributed by atoms with E-state index in [0.717, 1.165) is 64.7 Å². The monoisotopic (exact) mass is 534 g/mol. The number of piperazine rings is 1. The van der Waals surface area contributed by atoms with Crippen LogP contribution in [-0.4, -0.2) is 63.8 Å². The Morgan fingerprint density at radius 1 is 0.968 bits per heavy atom. The van der Waals surface area contributed by atoms with Crippen LogP contribution in [0.15, 0.2) is 59.6 Å². The summed E-state index contributed by atoms with van der Waals surface area (Å²) < 4.78 is 5.72. The maximum Gasteiger partial charge on any atom is 0.193 e. The summed E-state index contributed by atoms with van der Waals surface area (Å²) in [6, 6.07) is 19.5. The number of nitrogens with one attached hydrogen (secondary N) is 1. The number of aliphatic imine (C=N–C) groups is 1. The van der Waals surface area contributed by atoms with Crippen molar-refractivity contribution in [2.75, 3.05) is 57.9 Å². The zero-order valence-electron chi connectivity index (χ0n) is 18.7. The maximum absolute atomic E-state index is 5.72. The van der Waals surface area contributed by atoms with Crippen molar-refractivity contribution in [3.05, 3.63) is 65.7 Å². The van der Waals surface area contributed by atoms with Crippen LogP contribution in [0.25, 0.3) is 0 Å². The molecule has 2 fully saturated rings. The number of nitrogens with zero attached hydrogens (tertiary/aromatic N) is 3. The van der Waals surface area contributed by atoms with E-state index in [9.17, 15) is 0 Å². The Hall–Kier alpha value is -1.80. The molecule has 0 radical (unpaired) electrons. The van der Waals surface area contributed by atoms with Crippen LogP contribution in [0.4, 0.5) is 5.69 Å². The number of para-hydroxylation sites is 1. The van der Waals surface area contributed by atoms with Gasteiger partial charge in [-0.25, -0.2) is 0 Å². The second kappa shape index (κ2) is 11.2. The van der Waals surface area contributed by atoms with Gasteiger partial charge in [0.25, 0.3) is 0 Å². The third-order valence-corrected chi connectivity index (χ3v) is 6.66. The van der Waals surface area contributed by atoms with E-state index in [4.69, 9.17) is 4.74 Å². The molecule has 5 nitrogen and oxygen atoms in total. The molecule has 1 N–H and O–H groups in total. The molecule has 2 aromatic rings. The number of ether oxygens (including phenoxy) is 1. The summed E-state index contributed by atoms with van der Waals surface area (Å²) in [5.74, 6) is 1.02. The Morgan fingerprint density at radius 3 is 2.26 bits per heavy atom. The summed E-state index contributed by atoms with van der Waals surface area (Å²) in [5, 5.41) is 3.73. The molecule has 0 spiro atoms. The Labute approximate surface area is 203 Å². The van der Waals surface area contributed by atoms with Crippen LogP contribution in [0.2, 0.25) is 0 Å². The summed E-state index contributed by atoms with van der Waals surface area (Å²) in [7, 11) is 1.90. The largest absolute Gasteiger partial charge is 0.381 e. The molecule has 0 unspecified atom stereocenters. The van der Waals surface area contributed by atoms with Gasteiger partial charge in [0.05, 0.1) is 0 Å². The van der Waals surface area contributed by atoms with E-state index in [1.165, 1.54) is 16.8 Å². The third-order valence-electron chi connectivity index (χ3n) is 6.66. The Morgan fingerprint density at radius 2 is 1.61 bits per heavy atom. The lowest BCUT2D eigenvalue weighted by molar-refractivity contribution is 0.0509. The molecule has 0 aliphatic carbocycles. The first kappa shape index (κ1) is 23.9. The topological polar surface area (TPSA) is 40.1 Å². The average Bonchev–Trinajstić information content (AvgIpc) is 2.81. The highest BCUT2D eigenvalue weighted by Crippen LogP contribution is 2.36. The van der Waals surface area contributed by atoms with Gasteiger partial charge in [-0.15, -0.1) is 24.0 Å². The molecule has 0 atom stereocenters. The predicted molar refractivity (Wildman–Crippen MR) is 140 cm³/mol. The summed E-state index contributed by atoms with van der Waals surface area (Å²) in [6.45, 7) is 8.76. The molecular formula is C25H35IN4O. The minimum Gasteiger partial charge on any atom is -0.381 e. The highest BCUT2D eigenvalue weighted by molar-refractivity contribution is 14.0. The van der Waals surface area contributed by atoms with Crippen LogP contribution in [-0.2, 0) is 10.2 Å². The Bertz CT molecular complexity index is 844. The van der Waals surface area contributed by atoms with Gasteiger partial charge in [-0.2, -0.15) is 0 Å². The van der Waals surface area contributed by atoms with Gasteiger partial charge in [0, 0.05) is 64.1 Å². The van der Waals surface area contributed by atoms with Crippen molar-refractivity contribution in [1.29, 1.82) is 0 Å². The summed E-state index contributed by atoms with van der Waals surface area (Å²) in [4.78, 5) is 9.47. The summed E-state index contributed by atoms with van der Waals surface area (Å²) >= 11 is 0. The molecule has 2 aromatic carbocycles. The van der Waals surface area contributed by atoms with Crippen LogP contribution >= 0.6 is 24.0 Å². The fourth-order valence-electron chi connectivity index (χ4n) is 4.87. The first-order valence-corrected chi connectivity index (χ1v) is 11.1. The molecule has 0 saturated carbocycles. The van der Waals surface area contributed by atoms with E-state index < -0.39 is 0 Å². The molecule has 0 bridgehead atoms. The minimum absolute atomic E-state index is 0. The Balaban J connectivity index is 0.00000272. The summed E-state index contributed by atoms with van der Waals surface area (Å²) in [6.07, 6.45) is 2.09. The number of guanidine groups is 1. The van der Waals surface area contributed by atoms with Gasteiger partial charge in [0.2, 0.25) is 0 Å². The van der Waals surface area contributed by atoms with Crippen LogP contribution in [0.1, 0.15) is 24.0 Å². The predicted octanol–water partition coefficient (Wildman–Crippen LogP) is 4.06. The van der Waals surface area contributed by atoms with Crippen LogP contribution < -0.4 is 10.2 Å². The van der Waals surface area contributed by atoms with Gasteiger partial charge >= 0.3 is 0 Å². The fourth-order valence-corrected chi connectivity index (χ4v) is 4.87. The van der Waals surface area contributed by atoms with E-state index in [1.807, 2.05) is 7.05 Å². The first-order valence-electron chi connectivity index (χ1n) is 11.1. The number of rotatable bonds is 4. The number of anilines is 1. The average molecular weight is 534 g/mol. The minimum atomic E-state index is 0. The molecule has 6 heteroatoms. The second-order valence-corrected chi connectivity index (χ2v) is 8.42. The van der Waals surface area contributed by atoms with Crippen molar-refractivity contribution in [1.82, 2.24) is 10.2 Å². The smallest absolute Gasteiger partial charge is 0.193 e. The Kier molecular flexibility index (Phi) is 8.60. The van der Waals surface area contributed by atoms with Crippen molar-refractivity contribution >= 4 is 35.6 Å². The van der Waals surface area contributed by atoms with E-state index in [-0.39, 0.29) is 29.4 Å². The van der Waals surface area contributed by atoms with Gasteiger partial charge in [0.15, 0.2) is 5.96 Å². The molecular weight excluding hydrogens is 499 g/mol. The third kappa shape index (κ3) is 5.52. The lowest BCUT2D eigenvalue weighted by Gasteiger charge is -2.41. The van der Waals surface area contributed by atoms with Crippen LogP contribution in [0.3, 0.4) is 0 Å². The first-order chi connectivity index (χ1) is 14.7. The van der Waals surface area contributed by atoms with Gasteiger partial charge in [-0.05, 0) is 43.0 Å². The molecule has 2 heterocycles. The van der Waals surface area contributed by atoms with Crippen molar-refractivity contribution in [3.63, 3.8) is 0 Å². The van der Waals surface area contributed by atoms with Crippen molar-refractivity contribution in [2.45, 2.75) is 25.2 Å². The SMILES string of the molecule is CN=C(NCC1(c2ccccc2C)CCOCC1)N1CCN(c2ccccc2)CC1.I. The zero-order valence-corrected chi connectivity index (χ0v) is 21.0. The number of halogens is 1. The van der Waals surface area contributed by atoms with Gasteiger partial charge in [0.1, 0.15) is 0 Å². The number of hydrogen-bond acceptors (Lipinski definition) is 3. The molecule has 168 valence electrons. The maximum atomic E-state index is 5.72. The van der Waals surface area contributed by atoms with Crippen molar-refractivity contribution in [2.24, 2.45) is 4.99 Å².